The first-order chi connectivity index (χ1) is 11.0. The first-order valence-electron chi connectivity index (χ1n) is 7.57. The maximum absolute atomic E-state index is 13.2. The number of nitrogens with zero attached hydrogens (tertiary/aromatic N) is 2. The van der Waals surface area contributed by atoms with Gasteiger partial charge in [0.2, 0.25) is 0 Å². The van der Waals surface area contributed by atoms with Crippen LogP contribution in [0.5, 0.6) is 0 Å². The van der Waals surface area contributed by atoms with Gasteiger partial charge in [-0.05, 0) is 35.9 Å². The fourth-order valence-electron chi connectivity index (χ4n) is 2.70. The highest BCUT2D eigenvalue weighted by atomic mass is 19.1. The molecule has 1 aliphatic heterocycles. The number of carbonyl (C=O) groups is 1. The van der Waals surface area contributed by atoms with Crippen molar-refractivity contribution in [2.45, 2.75) is 19.9 Å². The normalized spacial score (nSPS) is 22.3. The quantitative estimate of drug-likeness (QED) is 0.796. The maximum atomic E-state index is 13.2. The zero-order chi connectivity index (χ0) is 16.4. The molecular formula is C19H18FN2O. The lowest BCUT2D eigenvalue weighted by atomic mass is 9.76. The fraction of sp³-hybridized carbons (Fsp3) is 0.263. The summed E-state index contributed by atoms with van der Waals surface area (Å²) in [5.41, 5.74) is 1.61. The van der Waals surface area contributed by atoms with Crippen molar-refractivity contribution in [3.05, 3.63) is 71.3 Å². The van der Waals surface area contributed by atoms with E-state index >= 15 is 0 Å². The molecule has 3 rings (SSSR count). The molecule has 1 aromatic heterocycles. The molecule has 1 aromatic carbocycles. The van der Waals surface area contributed by atoms with Crippen LogP contribution in [0.25, 0.3) is 6.08 Å². The van der Waals surface area contributed by atoms with Gasteiger partial charge in [-0.15, -0.1) is 0 Å². The molecule has 3 nitrogen and oxygen atoms in total. The predicted molar refractivity (Wildman–Crippen MR) is 87.1 cm³/mol. The number of rotatable bonds is 2. The molecule has 0 N–H and O–H groups in total. The first-order valence-corrected chi connectivity index (χ1v) is 7.57. The summed E-state index contributed by atoms with van der Waals surface area (Å²) in [7, 11) is 0. The van der Waals surface area contributed by atoms with Gasteiger partial charge in [0, 0.05) is 23.7 Å². The lowest BCUT2D eigenvalue weighted by molar-refractivity contribution is -0.124. The number of benzene rings is 1. The Balaban J connectivity index is 2.05. The monoisotopic (exact) mass is 309 g/mol. The highest BCUT2D eigenvalue weighted by molar-refractivity contribution is 6.05. The van der Waals surface area contributed by atoms with Crippen LogP contribution < -0.4 is 5.32 Å². The molecule has 2 heterocycles. The molecule has 1 saturated heterocycles. The van der Waals surface area contributed by atoms with E-state index in [4.69, 9.17) is 0 Å². The van der Waals surface area contributed by atoms with E-state index in [1.54, 1.807) is 24.4 Å². The van der Waals surface area contributed by atoms with Gasteiger partial charge in [0.15, 0.2) is 5.78 Å². The molecule has 0 amide bonds. The number of hydrogen-bond acceptors (Lipinski definition) is 2. The average molecular weight is 309 g/mol. The summed E-state index contributed by atoms with van der Waals surface area (Å²) in [4.78, 5) is 17.1. The summed E-state index contributed by atoms with van der Waals surface area (Å²) in [5.74, 6) is -0.237. The Bertz CT molecular complexity index is 736. The molecule has 0 aliphatic carbocycles. The highest BCUT2D eigenvalue weighted by Gasteiger charge is 2.40. The Hall–Kier alpha value is -2.33. The lowest BCUT2D eigenvalue weighted by Crippen LogP contribution is -2.43. The Kier molecular flexibility index (Phi) is 4.09. The van der Waals surface area contributed by atoms with Crippen LogP contribution in [0, 0.1) is 11.2 Å². The molecule has 1 aliphatic rings. The van der Waals surface area contributed by atoms with E-state index in [0.717, 1.165) is 11.3 Å². The number of aromatic nitrogens is 1. The molecule has 0 spiro atoms. The minimum atomic E-state index is -0.531. The SMILES string of the molecule is CC1(C)C[N]C(c2ccc(F)cc2)C(=Cc2ccccn2)C1=O. The fourth-order valence-corrected chi connectivity index (χ4v) is 2.70. The third kappa shape index (κ3) is 3.22. The van der Waals surface area contributed by atoms with E-state index in [9.17, 15) is 9.18 Å². The lowest BCUT2D eigenvalue weighted by Gasteiger charge is -2.35. The number of piperidine rings is 1. The summed E-state index contributed by atoms with van der Waals surface area (Å²) in [6, 6.07) is 11.3. The van der Waals surface area contributed by atoms with Crippen molar-refractivity contribution < 1.29 is 9.18 Å². The van der Waals surface area contributed by atoms with E-state index in [2.05, 4.69) is 10.3 Å². The Morgan fingerprint density at radius 2 is 1.91 bits per heavy atom. The Labute approximate surface area is 135 Å². The molecule has 2 aromatic rings. The van der Waals surface area contributed by atoms with Gasteiger partial charge in [0.1, 0.15) is 5.82 Å². The molecule has 1 fully saturated rings. The van der Waals surface area contributed by atoms with Crippen LogP contribution in [0.2, 0.25) is 0 Å². The van der Waals surface area contributed by atoms with Gasteiger partial charge in [-0.25, -0.2) is 9.71 Å². The summed E-state index contributed by atoms with van der Waals surface area (Å²) in [6.45, 7) is 4.24. The molecule has 1 radical (unpaired) electrons. The summed E-state index contributed by atoms with van der Waals surface area (Å²) in [5, 5.41) is 4.67. The van der Waals surface area contributed by atoms with Gasteiger partial charge < -0.3 is 0 Å². The van der Waals surface area contributed by atoms with Gasteiger partial charge in [-0.1, -0.05) is 32.0 Å². The maximum Gasteiger partial charge on any atom is 0.167 e. The van der Waals surface area contributed by atoms with Gasteiger partial charge in [0.05, 0.1) is 11.7 Å². The summed E-state index contributed by atoms with van der Waals surface area (Å²) < 4.78 is 13.2. The van der Waals surface area contributed by atoms with E-state index in [0.29, 0.717) is 12.1 Å². The van der Waals surface area contributed by atoms with E-state index < -0.39 is 5.41 Å². The molecule has 1 atom stereocenters. The van der Waals surface area contributed by atoms with Crippen molar-refractivity contribution in [2.24, 2.45) is 5.41 Å². The van der Waals surface area contributed by atoms with Crippen LogP contribution >= 0.6 is 0 Å². The first kappa shape index (κ1) is 15.6. The molecule has 0 saturated carbocycles. The van der Waals surface area contributed by atoms with Gasteiger partial charge in [-0.3, -0.25) is 9.78 Å². The zero-order valence-electron chi connectivity index (χ0n) is 13.2. The molecule has 0 bridgehead atoms. The minimum Gasteiger partial charge on any atom is -0.294 e. The van der Waals surface area contributed by atoms with Crippen LogP contribution in [-0.4, -0.2) is 17.3 Å². The van der Waals surface area contributed by atoms with E-state index in [1.165, 1.54) is 12.1 Å². The van der Waals surface area contributed by atoms with E-state index in [1.807, 2.05) is 32.0 Å². The van der Waals surface area contributed by atoms with Crippen LogP contribution in [0.1, 0.15) is 31.1 Å². The van der Waals surface area contributed by atoms with Crippen molar-refractivity contribution in [1.82, 2.24) is 10.3 Å². The topological polar surface area (TPSA) is 44.1 Å². The summed E-state index contributed by atoms with van der Waals surface area (Å²) in [6.07, 6.45) is 3.48. The van der Waals surface area contributed by atoms with E-state index in [-0.39, 0.29) is 17.6 Å². The van der Waals surface area contributed by atoms with Gasteiger partial charge in [-0.2, -0.15) is 0 Å². The Morgan fingerprint density at radius 1 is 1.17 bits per heavy atom. The number of halogens is 1. The van der Waals surface area contributed by atoms with Crippen molar-refractivity contribution in [3.63, 3.8) is 0 Å². The van der Waals surface area contributed by atoms with Gasteiger partial charge >= 0.3 is 0 Å². The van der Waals surface area contributed by atoms with Crippen molar-refractivity contribution >= 4 is 11.9 Å². The van der Waals surface area contributed by atoms with Crippen molar-refractivity contribution in [1.29, 1.82) is 0 Å². The molecule has 4 heteroatoms. The second kappa shape index (κ2) is 6.05. The largest absolute Gasteiger partial charge is 0.294 e. The molecule has 23 heavy (non-hydrogen) atoms. The number of hydrogen-bond donors (Lipinski definition) is 0. The predicted octanol–water partition coefficient (Wildman–Crippen LogP) is 3.56. The number of ketones is 1. The average Bonchev–Trinajstić information content (AvgIpc) is 2.54. The molecule has 1 unspecified atom stereocenters. The smallest absolute Gasteiger partial charge is 0.167 e. The van der Waals surface area contributed by atoms with Crippen LogP contribution in [-0.2, 0) is 4.79 Å². The van der Waals surface area contributed by atoms with Crippen molar-refractivity contribution in [2.75, 3.05) is 6.54 Å². The van der Waals surface area contributed by atoms with Crippen LogP contribution in [0.4, 0.5) is 4.39 Å². The van der Waals surface area contributed by atoms with Gasteiger partial charge in [0.25, 0.3) is 0 Å². The third-order valence-corrected chi connectivity index (χ3v) is 4.02. The Morgan fingerprint density at radius 3 is 2.57 bits per heavy atom. The van der Waals surface area contributed by atoms with Crippen molar-refractivity contribution in [3.8, 4) is 0 Å². The van der Waals surface area contributed by atoms with Crippen LogP contribution in [0.3, 0.4) is 0 Å². The zero-order valence-corrected chi connectivity index (χ0v) is 13.2. The standard InChI is InChI=1S/C19H18FN2O/c1-19(2)12-22-17(13-6-8-14(20)9-7-13)16(18(19)23)11-15-5-3-4-10-21-15/h3-11,17H,12H2,1-2H3. The number of carbonyl (C=O) groups excluding carboxylic acids is 1. The molecule has 117 valence electrons. The second-order valence-electron chi connectivity index (χ2n) is 6.36. The number of Topliss-reactive ketones (excluding diaryl/α,β-unsaturated/α-hetero) is 1. The molecular weight excluding hydrogens is 291 g/mol. The van der Waals surface area contributed by atoms with Crippen LogP contribution in [0.15, 0.2) is 54.2 Å². The highest BCUT2D eigenvalue weighted by Crippen LogP contribution is 2.36. The summed E-state index contributed by atoms with van der Waals surface area (Å²) >= 11 is 0. The second-order valence-corrected chi connectivity index (χ2v) is 6.36. The minimum absolute atomic E-state index is 0.0625. The third-order valence-electron chi connectivity index (χ3n) is 4.02. The number of pyridine rings is 1.